The average Bonchev–Trinajstić information content (AvgIpc) is 2.86. The minimum atomic E-state index is -3.35. The Labute approximate surface area is 138 Å². The largest absolute Gasteiger partial charge is 0.338 e. The second-order valence-electron chi connectivity index (χ2n) is 7.19. The monoisotopic (exact) mass is 336 g/mol. The zero-order valence-corrected chi connectivity index (χ0v) is 15.1. The van der Waals surface area contributed by atoms with Crippen LogP contribution in [0.1, 0.15) is 63.4 Å². The molecule has 1 heterocycles. The van der Waals surface area contributed by atoms with E-state index in [1.807, 2.05) is 45.0 Å². The molecular weight excluding hydrogens is 312 g/mol. The summed E-state index contributed by atoms with van der Waals surface area (Å²) in [6.45, 7) is 10.1. The highest BCUT2D eigenvalue weighted by molar-refractivity contribution is 7.89. The molecule has 0 amide bonds. The van der Waals surface area contributed by atoms with Crippen molar-refractivity contribution in [2.45, 2.75) is 57.5 Å². The van der Waals surface area contributed by atoms with E-state index in [-0.39, 0.29) is 22.8 Å². The van der Waals surface area contributed by atoms with E-state index in [1.54, 1.807) is 0 Å². The maximum Gasteiger partial charge on any atom is 0.241 e. The molecule has 1 aromatic carbocycles. The molecule has 0 fully saturated rings. The van der Waals surface area contributed by atoms with Gasteiger partial charge in [-0.1, -0.05) is 64.0 Å². The van der Waals surface area contributed by atoms with Gasteiger partial charge in [-0.2, -0.15) is 4.98 Å². The fraction of sp³-hybridized carbons (Fsp3) is 0.529. The van der Waals surface area contributed by atoms with Crippen LogP contribution < -0.4 is 0 Å². The van der Waals surface area contributed by atoms with Crippen molar-refractivity contribution in [3.63, 3.8) is 0 Å². The van der Waals surface area contributed by atoms with Gasteiger partial charge in [-0.05, 0) is 17.0 Å². The molecule has 0 radical (unpaired) electrons. The van der Waals surface area contributed by atoms with Crippen molar-refractivity contribution in [1.82, 2.24) is 10.1 Å². The summed E-state index contributed by atoms with van der Waals surface area (Å²) in [5.74, 6) is 0.827. The van der Waals surface area contributed by atoms with Crippen LogP contribution in [0, 0.1) is 0 Å². The number of aromatic nitrogens is 2. The Morgan fingerprint density at radius 2 is 1.70 bits per heavy atom. The molecule has 0 spiro atoms. The molecule has 0 saturated heterocycles. The number of benzene rings is 1. The van der Waals surface area contributed by atoms with Crippen LogP contribution in [0.15, 0.2) is 28.8 Å². The summed E-state index contributed by atoms with van der Waals surface area (Å²) < 4.78 is 29.7. The summed E-state index contributed by atoms with van der Waals surface area (Å²) in [6, 6.07) is 7.67. The van der Waals surface area contributed by atoms with Gasteiger partial charge in [0.25, 0.3) is 0 Å². The number of hydrogen-bond acceptors (Lipinski definition) is 5. The normalized spacial score (nSPS) is 12.8. The molecule has 0 aliphatic heterocycles. The van der Waals surface area contributed by atoms with E-state index in [0.29, 0.717) is 11.7 Å². The van der Waals surface area contributed by atoms with Crippen molar-refractivity contribution in [2.75, 3.05) is 0 Å². The number of hydrogen-bond donors (Lipinski definition) is 0. The summed E-state index contributed by atoms with van der Waals surface area (Å²) in [6.07, 6.45) is 0. The third-order valence-corrected chi connectivity index (χ3v) is 4.98. The van der Waals surface area contributed by atoms with Crippen molar-refractivity contribution in [1.29, 1.82) is 0 Å². The van der Waals surface area contributed by atoms with E-state index in [2.05, 4.69) is 24.0 Å². The van der Waals surface area contributed by atoms with Crippen molar-refractivity contribution in [2.24, 2.45) is 0 Å². The third-order valence-electron chi connectivity index (χ3n) is 3.52. The summed E-state index contributed by atoms with van der Waals surface area (Å²) in [4.78, 5) is 4.19. The second kappa shape index (κ2) is 6.43. The molecule has 0 aliphatic rings. The lowest BCUT2D eigenvalue weighted by molar-refractivity contribution is 0.371. The lowest BCUT2D eigenvalue weighted by Crippen LogP contribution is -2.14. The number of nitrogens with zero attached hydrogens (tertiary/aromatic N) is 2. The first-order chi connectivity index (χ1) is 10.6. The molecular formula is C17H24N2O3S. The lowest BCUT2D eigenvalue weighted by Gasteiger charge is -2.10. The van der Waals surface area contributed by atoms with Gasteiger partial charge in [0.05, 0.1) is 5.75 Å². The molecule has 2 aromatic rings. The van der Waals surface area contributed by atoms with Crippen LogP contribution in [-0.4, -0.2) is 18.6 Å². The SMILES string of the molecule is CC(C)c1ccc(CS(=O)(=O)Cc2nc(C(C)(C)C)no2)cc1. The Hall–Kier alpha value is -1.69. The Balaban J connectivity index is 2.08. The minimum absolute atomic E-state index is 0.0292. The topological polar surface area (TPSA) is 73.1 Å². The molecule has 23 heavy (non-hydrogen) atoms. The minimum Gasteiger partial charge on any atom is -0.338 e. The molecule has 6 heteroatoms. The van der Waals surface area contributed by atoms with Crippen molar-refractivity contribution in [3.05, 3.63) is 47.1 Å². The highest BCUT2D eigenvalue weighted by atomic mass is 32.2. The molecule has 0 aliphatic carbocycles. The van der Waals surface area contributed by atoms with Gasteiger partial charge in [-0.15, -0.1) is 0 Å². The van der Waals surface area contributed by atoms with E-state index in [0.717, 1.165) is 5.56 Å². The van der Waals surface area contributed by atoms with Crippen LogP contribution in [0.25, 0.3) is 0 Å². The van der Waals surface area contributed by atoms with E-state index in [4.69, 9.17) is 4.52 Å². The fourth-order valence-corrected chi connectivity index (χ4v) is 3.41. The van der Waals surface area contributed by atoms with E-state index in [1.165, 1.54) is 5.56 Å². The van der Waals surface area contributed by atoms with Crippen LogP contribution in [0.4, 0.5) is 0 Å². The van der Waals surface area contributed by atoms with Gasteiger partial charge in [0, 0.05) is 5.41 Å². The van der Waals surface area contributed by atoms with Gasteiger partial charge in [0.2, 0.25) is 5.89 Å². The van der Waals surface area contributed by atoms with E-state index in [9.17, 15) is 8.42 Å². The first kappa shape index (κ1) is 17.7. The zero-order valence-electron chi connectivity index (χ0n) is 14.3. The van der Waals surface area contributed by atoms with Crippen LogP contribution in [-0.2, 0) is 26.8 Å². The Kier molecular flexibility index (Phi) is 4.94. The van der Waals surface area contributed by atoms with Crippen LogP contribution in [0.2, 0.25) is 0 Å². The van der Waals surface area contributed by atoms with Gasteiger partial charge < -0.3 is 4.52 Å². The molecule has 0 bridgehead atoms. The Morgan fingerprint density at radius 3 is 2.17 bits per heavy atom. The van der Waals surface area contributed by atoms with Crippen molar-refractivity contribution >= 4 is 9.84 Å². The maximum atomic E-state index is 12.3. The van der Waals surface area contributed by atoms with E-state index < -0.39 is 9.84 Å². The zero-order chi connectivity index (χ0) is 17.3. The quantitative estimate of drug-likeness (QED) is 0.834. The average molecular weight is 336 g/mol. The molecule has 126 valence electrons. The molecule has 0 atom stereocenters. The molecule has 2 rings (SSSR count). The Bertz CT molecular complexity index is 754. The maximum absolute atomic E-state index is 12.3. The molecule has 0 saturated carbocycles. The molecule has 1 aromatic heterocycles. The van der Waals surface area contributed by atoms with Crippen molar-refractivity contribution < 1.29 is 12.9 Å². The van der Waals surface area contributed by atoms with Gasteiger partial charge >= 0.3 is 0 Å². The predicted molar refractivity (Wildman–Crippen MR) is 89.9 cm³/mol. The summed E-state index contributed by atoms with van der Waals surface area (Å²) >= 11 is 0. The smallest absolute Gasteiger partial charge is 0.241 e. The van der Waals surface area contributed by atoms with Crippen molar-refractivity contribution in [3.8, 4) is 0 Å². The first-order valence-corrected chi connectivity index (χ1v) is 9.51. The van der Waals surface area contributed by atoms with Gasteiger partial charge in [0.15, 0.2) is 15.7 Å². The fourth-order valence-electron chi connectivity index (χ4n) is 2.11. The van der Waals surface area contributed by atoms with Gasteiger partial charge in [0.1, 0.15) is 5.75 Å². The number of sulfone groups is 1. The van der Waals surface area contributed by atoms with Gasteiger partial charge in [-0.3, -0.25) is 0 Å². The Morgan fingerprint density at radius 1 is 1.09 bits per heavy atom. The van der Waals surface area contributed by atoms with Gasteiger partial charge in [-0.25, -0.2) is 8.42 Å². The highest BCUT2D eigenvalue weighted by Gasteiger charge is 2.23. The standard InChI is InChI=1S/C17H24N2O3S/c1-12(2)14-8-6-13(7-9-14)10-23(20,21)11-15-18-16(19-22-15)17(3,4)5/h6-9,12H,10-11H2,1-5H3. The first-order valence-electron chi connectivity index (χ1n) is 7.69. The van der Waals surface area contributed by atoms with Crippen LogP contribution in [0.3, 0.4) is 0 Å². The van der Waals surface area contributed by atoms with Crippen LogP contribution in [0.5, 0.6) is 0 Å². The molecule has 0 N–H and O–H groups in total. The number of rotatable bonds is 5. The summed E-state index contributed by atoms with van der Waals surface area (Å²) in [5.41, 5.74) is 1.70. The predicted octanol–water partition coefficient (Wildman–Crippen LogP) is 3.61. The summed E-state index contributed by atoms with van der Waals surface area (Å²) in [7, 11) is -3.35. The highest BCUT2D eigenvalue weighted by Crippen LogP contribution is 2.20. The molecule has 5 nitrogen and oxygen atoms in total. The summed E-state index contributed by atoms with van der Waals surface area (Å²) in [5, 5.41) is 3.86. The lowest BCUT2D eigenvalue weighted by atomic mass is 9.96. The van der Waals surface area contributed by atoms with Crippen LogP contribution >= 0.6 is 0 Å². The molecule has 0 unspecified atom stereocenters. The van der Waals surface area contributed by atoms with E-state index >= 15 is 0 Å². The third kappa shape index (κ3) is 4.89. The second-order valence-corrected chi connectivity index (χ2v) is 9.25.